The van der Waals surface area contributed by atoms with E-state index in [9.17, 15) is 9.59 Å². The summed E-state index contributed by atoms with van der Waals surface area (Å²) in [5.74, 6) is -0.837. The Balaban J connectivity index is 1.74. The van der Waals surface area contributed by atoms with Gasteiger partial charge in [-0.05, 0) is 12.1 Å². The number of ether oxygens (including phenoxy) is 1. The SMILES string of the molecule is O=C(O)[C@@H]1CN(C(=O)c2cc(-c3ccco3)[nH]n2)CCO1. The molecule has 1 amide bonds. The van der Waals surface area contributed by atoms with E-state index in [2.05, 4.69) is 10.2 Å². The second-order valence-corrected chi connectivity index (χ2v) is 4.59. The molecule has 0 aromatic carbocycles. The summed E-state index contributed by atoms with van der Waals surface area (Å²) in [6.07, 6.45) is 0.531. The molecule has 1 fully saturated rings. The zero-order valence-corrected chi connectivity index (χ0v) is 11.0. The second kappa shape index (κ2) is 5.41. The maximum atomic E-state index is 12.3. The molecule has 3 heterocycles. The summed E-state index contributed by atoms with van der Waals surface area (Å²) in [5, 5.41) is 15.6. The van der Waals surface area contributed by atoms with E-state index in [-0.39, 0.29) is 24.8 Å². The molecule has 1 aliphatic heterocycles. The Kier molecular flexibility index (Phi) is 3.44. The number of nitrogens with one attached hydrogen (secondary N) is 1. The first kappa shape index (κ1) is 13.4. The van der Waals surface area contributed by atoms with Crippen LogP contribution in [0, 0.1) is 0 Å². The van der Waals surface area contributed by atoms with Crippen molar-refractivity contribution in [3.05, 3.63) is 30.2 Å². The highest BCUT2D eigenvalue weighted by molar-refractivity contribution is 5.93. The number of carboxylic acids is 1. The summed E-state index contributed by atoms with van der Waals surface area (Å²) in [7, 11) is 0. The third-order valence-corrected chi connectivity index (χ3v) is 3.21. The van der Waals surface area contributed by atoms with Crippen LogP contribution in [-0.2, 0) is 9.53 Å². The lowest BCUT2D eigenvalue weighted by Crippen LogP contribution is -2.48. The van der Waals surface area contributed by atoms with Gasteiger partial charge >= 0.3 is 5.97 Å². The first-order chi connectivity index (χ1) is 10.1. The van der Waals surface area contributed by atoms with Gasteiger partial charge < -0.3 is 19.2 Å². The lowest BCUT2D eigenvalue weighted by molar-refractivity contribution is -0.154. The molecule has 2 N–H and O–H groups in total. The quantitative estimate of drug-likeness (QED) is 0.857. The third kappa shape index (κ3) is 2.65. The van der Waals surface area contributed by atoms with E-state index in [1.165, 1.54) is 11.2 Å². The van der Waals surface area contributed by atoms with Gasteiger partial charge in [-0.3, -0.25) is 9.89 Å². The Morgan fingerprint density at radius 2 is 2.33 bits per heavy atom. The number of amides is 1. The average Bonchev–Trinajstić information content (AvgIpc) is 3.17. The number of carbonyl (C=O) groups excluding carboxylic acids is 1. The summed E-state index contributed by atoms with van der Waals surface area (Å²) in [6, 6.07) is 5.06. The van der Waals surface area contributed by atoms with Crippen LogP contribution < -0.4 is 0 Å². The van der Waals surface area contributed by atoms with Gasteiger partial charge in [0.2, 0.25) is 0 Å². The lowest BCUT2D eigenvalue weighted by atomic mass is 10.2. The molecule has 2 aromatic rings. The molecule has 0 bridgehead atoms. The Morgan fingerprint density at radius 1 is 1.48 bits per heavy atom. The number of nitrogens with zero attached hydrogens (tertiary/aromatic N) is 2. The molecular formula is C13H13N3O5. The van der Waals surface area contributed by atoms with Crippen LogP contribution in [0.1, 0.15) is 10.5 Å². The molecule has 0 spiro atoms. The summed E-state index contributed by atoms with van der Waals surface area (Å²) in [4.78, 5) is 24.7. The van der Waals surface area contributed by atoms with Gasteiger partial charge in [-0.15, -0.1) is 0 Å². The molecule has 8 nitrogen and oxygen atoms in total. The molecular weight excluding hydrogens is 278 g/mol. The zero-order chi connectivity index (χ0) is 14.8. The fraction of sp³-hybridized carbons (Fsp3) is 0.308. The van der Waals surface area contributed by atoms with Crippen LogP contribution in [0.4, 0.5) is 0 Å². The molecule has 1 aliphatic rings. The average molecular weight is 291 g/mol. The molecule has 1 atom stereocenters. The summed E-state index contributed by atoms with van der Waals surface area (Å²) in [6.45, 7) is 0.543. The van der Waals surface area contributed by atoms with Gasteiger partial charge in [0.25, 0.3) is 5.91 Å². The van der Waals surface area contributed by atoms with Crippen molar-refractivity contribution in [1.82, 2.24) is 15.1 Å². The van der Waals surface area contributed by atoms with Gasteiger partial charge in [0, 0.05) is 12.6 Å². The molecule has 1 saturated heterocycles. The standard InChI is InChI=1S/C13H13N3O5/c17-12(16-3-5-21-11(7-16)13(18)19)9-6-8(14-15-9)10-2-1-4-20-10/h1-2,4,6,11H,3,5,7H2,(H,14,15)(H,18,19)/t11-/m0/s1. The van der Waals surface area contributed by atoms with Crippen LogP contribution in [0.3, 0.4) is 0 Å². The van der Waals surface area contributed by atoms with Crippen LogP contribution in [0.15, 0.2) is 28.9 Å². The van der Waals surface area contributed by atoms with Gasteiger partial charge in [0.05, 0.1) is 19.4 Å². The van der Waals surface area contributed by atoms with E-state index in [1.807, 2.05) is 0 Å². The minimum Gasteiger partial charge on any atom is -0.479 e. The van der Waals surface area contributed by atoms with Crippen LogP contribution in [0.2, 0.25) is 0 Å². The van der Waals surface area contributed by atoms with Crippen LogP contribution in [0.5, 0.6) is 0 Å². The number of morpholine rings is 1. The molecule has 2 aromatic heterocycles. The Morgan fingerprint density at radius 3 is 3.05 bits per heavy atom. The number of aliphatic carboxylic acids is 1. The van der Waals surface area contributed by atoms with Crippen molar-refractivity contribution in [3.8, 4) is 11.5 Å². The highest BCUT2D eigenvalue weighted by Crippen LogP contribution is 2.19. The van der Waals surface area contributed by atoms with Crippen LogP contribution in [-0.4, -0.2) is 57.9 Å². The van der Waals surface area contributed by atoms with E-state index in [0.29, 0.717) is 18.0 Å². The maximum absolute atomic E-state index is 12.3. The normalized spacial score (nSPS) is 18.7. The topological polar surface area (TPSA) is 109 Å². The van der Waals surface area contributed by atoms with Crippen molar-refractivity contribution in [2.45, 2.75) is 6.10 Å². The number of H-pyrrole nitrogens is 1. The molecule has 8 heteroatoms. The number of carboxylic acid groups (broad SMARTS) is 1. The van der Waals surface area contributed by atoms with Crippen molar-refractivity contribution in [3.63, 3.8) is 0 Å². The number of carbonyl (C=O) groups is 2. The molecule has 3 rings (SSSR count). The van der Waals surface area contributed by atoms with Crippen molar-refractivity contribution in [2.75, 3.05) is 19.7 Å². The predicted octanol–water partition coefficient (Wildman–Crippen LogP) is 0.595. The number of hydrogen-bond donors (Lipinski definition) is 2. The molecule has 0 unspecified atom stereocenters. The fourth-order valence-corrected chi connectivity index (χ4v) is 2.13. The minimum absolute atomic E-state index is 0.0110. The summed E-state index contributed by atoms with van der Waals surface area (Å²) >= 11 is 0. The van der Waals surface area contributed by atoms with Crippen LogP contribution >= 0.6 is 0 Å². The minimum atomic E-state index is -1.08. The van der Waals surface area contributed by atoms with Crippen molar-refractivity contribution < 1.29 is 23.8 Å². The van der Waals surface area contributed by atoms with Gasteiger partial charge in [-0.2, -0.15) is 5.10 Å². The number of hydrogen-bond acceptors (Lipinski definition) is 5. The molecule has 110 valence electrons. The lowest BCUT2D eigenvalue weighted by Gasteiger charge is -2.30. The number of aromatic nitrogens is 2. The number of aromatic amines is 1. The molecule has 0 aliphatic carbocycles. The van der Waals surface area contributed by atoms with Crippen molar-refractivity contribution in [2.24, 2.45) is 0 Å². The summed E-state index contributed by atoms with van der Waals surface area (Å²) in [5.41, 5.74) is 0.804. The Bertz CT molecular complexity index is 649. The molecule has 0 saturated carbocycles. The van der Waals surface area contributed by atoms with Gasteiger partial charge in [-0.1, -0.05) is 0 Å². The van der Waals surface area contributed by atoms with Gasteiger partial charge in [0.1, 0.15) is 5.69 Å². The Labute approximate surface area is 119 Å². The smallest absolute Gasteiger partial charge is 0.334 e. The molecule has 0 radical (unpaired) electrons. The Hall–Kier alpha value is -2.61. The number of furan rings is 1. The van der Waals surface area contributed by atoms with Crippen molar-refractivity contribution >= 4 is 11.9 Å². The van der Waals surface area contributed by atoms with Crippen molar-refractivity contribution in [1.29, 1.82) is 0 Å². The monoisotopic (exact) mass is 291 g/mol. The third-order valence-electron chi connectivity index (χ3n) is 3.21. The highest BCUT2D eigenvalue weighted by atomic mass is 16.5. The maximum Gasteiger partial charge on any atom is 0.334 e. The van der Waals surface area contributed by atoms with E-state index < -0.39 is 12.1 Å². The van der Waals surface area contributed by atoms with Gasteiger partial charge in [0.15, 0.2) is 17.6 Å². The zero-order valence-electron chi connectivity index (χ0n) is 11.0. The van der Waals surface area contributed by atoms with E-state index >= 15 is 0 Å². The largest absolute Gasteiger partial charge is 0.479 e. The number of rotatable bonds is 3. The first-order valence-electron chi connectivity index (χ1n) is 6.38. The fourth-order valence-electron chi connectivity index (χ4n) is 2.13. The van der Waals surface area contributed by atoms with E-state index in [1.54, 1.807) is 18.2 Å². The summed E-state index contributed by atoms with van der Waals surface area (Å²) < 4.78 is 10.3. The first-order valence-corrected chi connectivity index (χ1v) is 6.38. The highest BCUT2D eigenvalue weighted by Gasteiger charge is 2.30. The van der Waals surface area contributed by atoms with E-state index in [0.717, 1.165) is 0 Å². The van der Waals surface area contributed by atoms with Gasteiger partial charge in [-0.25, -0.2) is 4.79 Å². The van der Waals surface area contributed by atoms with Crippen LogP contribution in [0.25, 0.3) is 11.5 Å². The second-order valence-electron chi connectivity index (χ2n) is 4.59. The molecule has 21 heavy (non-hydrogen) atoms. The van der Waals surface area contributed by atoms with E-state index in [4.69, 9.17) is 14.3 Å². The predicted molar refractivity (Wildman–Crippen MR) is 69.6 cm³/mol.